The first kappa shape index (κ1) is 13.3. The average Bonchev–Trinajstić information content (AvgIpc) is 2.56. The SMILES string of the molecule is COc1cccc(-c2ccccn2)c1-c1ccc(F)cc1. The Bertz CT molecular complexity index is 739. The minimum atomic E-state index is -0.256. The van der Waals surface area contributed by atoms with Crippen LogP contribution in [0.4, 0.5) is 4.39 Å². The number of halogens is 1. The van der Waals surface area contributed by atoms with Crippen molar-refractivity contribution in [2.24, 2.45) is 0 Å². The van der Waals surface area contributed by atoms with Crippen LogP contribution in [0.5, 0.6) is 5.75 Å². The molecule has 3 heteroatoms. The molecule has 0 aliphatic heterocycles. The van der Waals surface area contributed by atoms with Gasteiger partial charge in [0.05, 0.1) is 12.8 Å². The molecule has 1 heterocycles. The summed E-state index contributed by atoms with van der Waals surface area (Å²) in [6.45, 7) is 0. The predicted molar refractivity (Wildman–Crippen MR) is 81.6 cm³/mol. The normalized spacial score (nSPS) is 10.4. The van der Waals surface area contributed by atoms with Gasteiger partial charge < -0.3 is 4.74 Å². The standard InChI is InChI=1S/C18H14FNO/c1-21-17-7-4-5-15(16-6-2-3-12-20-16)18(17)13-8-10-14(19)11-9-13/h2-12H,1H3. The van der Waals surface area contributed by atoms with E-state index in [4.69, 9.17) is 4.74 Å². The quantitative estimate of drug-likeness (QED) is 0.701. The van der Waals surface area contributed by atoms with Gasteiger partial charge in [-0.25, -0.2) is 4.39 Å². The van der Waals surface area contributed by atoms with Crippen LogP contribution in [-0.2, 0) is 0 Å². The smallest absolute Gasteiger partial charge is 0.127 e. The predicted octanol–water partition coefficient (Wildman–Crippen LogP) is 4.56. The number of aromatic nitrogens is 1. The third-order valence-corrected chi connectivity index (χ3v) is 3.32. The van der Waals surface area contributed by atoms with Crippen LogP contribution in [0.15, 0.2) is 66.9 Å². The molecule has 2 aromatic carbocycles. The Hall–Kier alpha value is -2.68. The molecule has 3 aromatic rings. The maximum Gasteiger partial charge on any atom is 0.127 e. The molecule has 0 saturated carbocycles. The highest BCUT2D eigenvalue weighted by atomic mass is 19.1. The van der Waals surface area contributed by atoms with E-state index in [1.165, 1.54) is 12.1 Å². The largest absolute Gasteiger partial charge is 0.496 e. The van der Waals surface area contributed by atoms with Crippen LogP contribution in [0.1, 0.15) is 0 Å². The van der Waals surface area contributed by atoms with E-state index < -0.39 is 0 Å². The highest BCUT2D eigenvalue weighted by Crippen LogP contribution is 2.38. The number of hydrogen-bond donors (Lipinski definition) is 0. The number of pyridine rings is 1. The lowest BCUT2D eigenvalue weighted by atomic mass is 9.96. The van der Waals surface area contributed by atoms with Crippen molar-refractivity contribution < 1.29 is 9.13 Å². The molecule has 3 rings (SSSR count). The maximum atomic E-state index is 13.2. The van der Waals surface area contributed by atoms with E-state index in [0.29, 0.717) is 0 Å². The number of benzene rings is 2. The molecule has 1 aromatic heterocycles. The van der Waals surface area contributed by atoms with Crippen molar-refractivity contribution in [3.8, 4) is 28.1 Å². The molecule has 0 amide bonds. The number of nitrogens with zero attached hydrogens (tertiary/aromatic N) is 1. The summed E-state index contributed by atoms with van der Waals surface area (Å²) in [5, 5.41) is 0. The number of ether oxygens (including phenoxy) is 1. The van der Waals surface area contributed by atoms with E-state index in [-0.39, 0.29) is 5.82 Å². The van der Waals surface area contributed by atoms with Crippen LogP contribution in [0.2, 0.25) is 0 Å². The van der Waals surface area contributed by atoms with Gasteiger partial charge in [0, 0.05) is 17.3 Å². The summed E-state index contributed by atoms with van der Waals surface area (Å²) in [6.07, 6.45) is 1.75. The lowest BCUT2D eigenvalue weighted by Crippen LogP contribution is -1.93. The molecule has 0 atom stereocenters. The first-order chi connectivity index (χ1) is 10.3. The van der Waals surface area contributed by atoms with Gasteiger partial charge in [0.2, 0.25) is 0 Å². The van der Waals surface area contributed by atoms with Crippen molar-refractivity contribution in [1.82, 2.24) is 4.98 Å². The van der Waals surface area contributed by atoms with Gasteiger partial charge in [-0.1, -0.05) is 30.3 Å². The van der Waals surface area contributed by atoms with Gasteiger partial charge in [-0.15, -0.1) is 0 Å². The second-order valence-electron chi connectivity index (χ2n) is 4.60. The van der Waals surface area contributed by atoms with E-state index in [1.807, 2.05) is 36.4 Å². The topological polar surface area (TPSA) is 22.1 Å². The van der Waals surface area contributed by atoms with E-state index in [0.717, 1.165) is 28.1 Å². The maximum absolute atomic E-state index is 13.2. The zero-order valence-electron chi connectivity index (χ0n) is 11.6. The van der Waals surface area contributed by atoms with Crippen LogP contribution in [0, 0.1) is 5.82 Å². The molecule has 0 radical (unpaired) electrons. The molecule has 0 bridgehead atoms. The van der Waals surface area contributed by atoms with Crippen LogP contribution in [0.25, 0.3) is 22.4 Å². The van der Waals surface area contributed by atoms with Crippen molar-refractivity contribution in [2.75, 3.05) is 7.11 Å². The summed E-state index contributed by atoms with van der Waals surface area (Å²) in [5.74, 6) is 0.484. The number of hydrogen-bond acceptors (Lipinski definition) is 2. The molecule has 21 heavy (non-hydrogen) atoms. The third kappa shape index (κ3) is 2.63. The molecule has 104 valence electrons. The summed E-state index contributed by atoms with van der Waals surface area (Å²) in [7, 11) is 1.63. The first-order valence-electron chi connectivity index (χ1n) is 6.64. The lowest BCUT2D eigenvalue weighted by molar-refractivity contribution is 0.416. The number of methoxy groups -OCH3 is 1. The molecular formula is C18H14FNO. The zero-order chi connectivity index (χ0) is 14.7. The Labute approximate surface area is 122 Å². The van der Waals surface area contributed by atoms with Gasteiger partial charge in [-0.2, -0.15) is 0 Å². The molecule has 2 nitrogen and oxygen atoms in total. The van der Waals surface area contributed by atoms with E-state index >= 15 is 0 Å². The summed E-state index contributed by atoms with van der Waals surface area (Å²) in [4.78, 5) is 4.40. The van der Waals surface area contributed by atoms with Crippen LogP contribution < -0.4 is 4.74 Å². The molecule has 0 N–H and O–H groups in total. The summed E-state index contributed by atoms with van der Waals surface area (Å²) < 4.78 is 18.6. The van der Waals surface area contributed by atoms with Crippen molar-refractivity contribution in [2.45, 2.75) is 0 Å². The Morgan fingerprint density at radius 3 is 2.38 bits per heavy atom. The van der Waals surface area contributed by atoms with Crippen LogP contribution >= 0.6 is 0 Å². The van der Waals surface area contributed by atoms with Crippen molar-refractivity contribution in [3.05, 3.63) is 72.7 Å². The molecule has 0 fully saturated rings. The van der Waals surface area contributed by atoms with E-state index in [1.54, 1.807) is 25.4 Å². The lowest BCUT2D eigenvalue weighted by Gasteiger charge is -2.14. The summed E-state index contributed by atoms with van der Waals surface area (Å²) in [5.41, 5.74) is 3.63. The average molecular weight is 279 g/mol. The monoisotopic (exact) mass is 279 g/mol. The minimum absolute atomic E-state index is 0.256. The molecule has 0 spiro atoms. The van der Waals surface area contributed by atoms with Gasteiger partial charge in [-0.05, 0) is 35.9 Å². The van der Waals surface area contributed by atoms with Crippen LogP contribution in [-0.4, -0.2) is 12.1 Å². The van der Waals surface area contributed by atoms with Crippen molar-refractivity contribution in [3.63, 3.8) is 0 Å². The first-order valence-corrected chi connectivity index (χ1v) is 6.64. The van der Waals surface area contributed by atoms with Gasteiger partial charge in [0.15, 0.2) is 0 Å². The van der Waals surface area contributed by atoms with Gasteiger partial charge in [0.1, 0.15) is 11.6 Å². The molecule has 0 aliphatic rings. The number of rotatable bonds is 3. The van der Waals surface area contributed by atoms with Gasteiger partial charge in [0.25, 0.3) is 0 Å². The fourth-order valence-corrected chi connectivity index (χ4v) is 2.35. The Morgan fingerprint density at radius 1 is 0.905 bits per heavy atom. The van der Waals surface area contributed by atoms with Crippen molar-refractivity contribution in [1.29, 1.82) is 0 Å². The van der Waals surface area contributed by atoms with Crippen molar-refractivity contribution >= 4 is 0 Å². The van der Waals surface area contributed by atoms with Gasteiger partial charge >= 0.3 is 0 Å². The molecular weight excluding hydrogens is 265 g/mol. The fraction of sp³-hybridized carbons (Fsp3) is 0.0556. The fourth-order valence-electron chi connectivity index (χ4n) is 2.35. The Kier molecular flexibility index (Phi) is 3.65. The molecule has 0 saturated heterocycles. The molecule has 0 aliphatic carbocycles. The summed E-state index contributed by atoms with van der Waals surface area (Å²) in [6, 6.07) is 18.0. The van der Waals surface area contributed by atoms with Crippen LogP contribution in [0.3, 0.4) is 0 Å². The zero-order valence-corrected chi connectivity index (χ0v) is 11.6. The highest BCUT2D eigenvalue weighted by Gasteiger charge is 2.13. The second-order valence-corrected chi connectivity index (χ2v) is 4.60. The summed E-state index contributed by atoms with van der Waals surface area (Å²) >= 11 is 0. The second kappa shape index (κ2) is 5.75. The molecule has 0 unspecified atom stereocenters. The van der Waals surface area contributed by atoms with E-state index in [9.17, 15) is 4.39 Å². The third-order valence-electron chi connectivity index (χ3n) is 3.32. The Morgan fingerprint density at radius 2 is 1.71 bits per heavy atom. The van der Waals surface area contributed by atoms with E-state index in [2.05, 4.69) is 4.98 Å². The van der Waals surface area contributed by atoms with Gasteiger partial charge in [-0.3, -0.25) is 4.98 Å². The Balaban J connectivity index is 2.24. The highest BCUT2D eigenvalue weighted by molar-refractivity contribution is 5.86. The minimum Gasteiger partial charge on any atom is -0.496 e.